The molecular weight excluding hydrogens is 272 g/mol. The number of likely N-dealkylation sites (tertiary alicyclic amines) is 2. The van der Waals surface area contributed by atoms with E-state index in [4.69, 9.17) is 0 Å². The van der Waals surface area contributed by atoms with E-state index in [1.807, 2.05) is 0 Å². The highest BCUT2D eigenvalue weighted by molar-refractivity contribution is 5.79. The molecule has 1 atom stereocenters. The third-order valence-corrected chi connectivity index (χ3v) is 5.06. The average molecular weight is 300 g/mol. The summed E-state index contributed by atoms with van der Waals surface area (Å²) >= 11 is 0. The van der Waals surface area contributed by atoms with Gasteiger partial charge >= 0.3 is 0 Å². The number of hydrogen-bond donors (Lipinski definition) is 0. The van der Waals surface area contributed by atoms with Gasteiger partial charge in [0.25, 0.3) is 0 Å². The number of benzene rings is 1. The van der Waals surface area contributed by atoms with E-state index >= 15 is 0 Å². The molecule has 3 rings (SSSR count). The first-order chi connectivity index (χ1) is 10.8. The number of carbonyl (C=O) groups is 1. The molecule has 1 aromatic carbocycles. The minimum absolute atomic E-state index is 0.253. The predicted octanol–water partition coefficient (Wildman–Crippen LogP) is 2.95. The van der Waals surface area contributed by atoms with E-state index in [1.54, 1.807) is 0 Å². The fourth-order valence-electron chi connectivity index (χ4n) is 3.81. The second kappa shape index (κ2) is 7.77. The summed E-state index contributed by atoms with van der Waals surface area (Å²) in [5.74, 6) is 0.675. The summed E-state index contributed by atoms with van der Waals surface area (Å²) in [4.78, 5) is 17.1. The fourth-order valence-corrected chi connectivity index (χ4v) is 3.81. The minimum atomic E-state index is 0.253. The van der Waals surface area contributed by atoms with Gasteiger partial charge in [-0.3, -0.25) is 4.79 Å². The van der Waals surface area contributed by atoms with E-state index in [-0.39, 0.29) is 5.92 Å². The summed E-state index contributed by atoms with van der Waals surface area (Å²) in [7, 11) is 0. The summed E-state index contributed by atoms with van der Waals surface area (Å²) < 4.78 is 0. The molecule has 22 heavy (non-hydrogen) atoms. The fraction of sp³-hybridized carbons (Fsp3) is 0.632. The molecule has 0 radical (unpaired) electrons. The lowest BCUT2D eigenvalue weighted by Gasteiger charge is -2.33. The molecule has 0 unspecified atom stereocenters. The molecular formula is C19H28N2O. The molecule has 2 heterocycles. The van der Waals surface area contributed by atoms with E-state index in [0.717, 1.165) is 39.0 Å². The van der Waals surface area contributed by atoms with E-state index < -0.39 is 0 Å². The van der Waals surface area contributed by atoms with Gasteiger partial charge in [0, 0.05) is 19.6 Å². The highest BCUT2D eigenvalue weighted by Gasteiger charge is 2.30. The molecule has 0 spiro atoms. The van der Waals surface area contributed by atoms with Crippen molar-refractivity contribution in [3.05, 3.63) is 35.9 Å². The van der Waals surface area contributed by atoms with Gasteiger partial charge in [0.15, 0.2) is 0 Å². The summed E-state index contributed by atoms with van der Waals surface area (Å²) in [6.45, 7) is 5.24. The Labute approximate surface area is 134 Å². The summed E-state index contributed by atoms with van der Waals surface area (Å²) in [6, 6.07) is 10.7. The van der Waals surface area contributed by atoms with Crippen LogP contribution in [-0.2, 0) is 11.2 Å². The Bertz CT molecular complexity index is 468. The van der Waals surface area contributed by atoms with Crippen molar-refractivity contribution >= 4 is 5.91 Å². The number of hydrogen-bond acceptors (Lipinski definition) is 2. The second-order valence-electron chi connectivity index (χ2n) is 6.76. The third kappa shape index (κ3) is 4.10. The van der Waals surface area contributed by atoms with Gasteiger partial charge in [-0.05, 0) is 57.2 Å². The maximum atomic E-state index is 12.5. The molecule has 120 valence electrons. The van der Waals surface area contributed by atoms with Gasteiger partial charge < -0.3 is 9.80 Å². The monoisotopic (exact) mass is 300 g/mol. The third-order valence-electron chi connectivity index (χ3n) is 5.06. The number of nitrogens with zero attached hydrogens (tertiary/aromatic N) is 2. The van der Waals surface area contributed by atoms with Crippen LogP contribution >= 0.6 is 0 Å². The molecule has 1 aromatic rings. The van der Waals surface area contributed by atoms with Crippen molar-refractivity contribution in [1.82, 2.24) is 9.80 Å². The van der Waals surface area contributed by atoms with E-state index in [0.29, 0.717) is 5.91 Å². The zero-order valence-corrected chi connectivity index (χ0v) is 13.5. The van der Waals surface area contributed by atoms with Crippen molar-refractivity contribution in [3.63, 3.8) is 0 Å². The summed E-state index contributed by atoms with van der Waals surface area (Å²) in [5, 5.41) is 0. The largest absolute Gasteiger partial charge is 0.342 e. The lowest BCUT2D eigenvalue weighted by atomic mass is 9.96. The maximum Gasteiger partial charge on any atom is 0.226 e. The van der Waals surface area contributed by atoms with Gasteiger partial charge in [-0.2, -0.15) is 0 Å². The molecule has 2 aliphatic heterocycles. The number of amides is 1. The standard InChI is InChI=1S/C19H28N2O/c22-19(21-14-4-5-15-21)18-11-7-13-20(16-18)12-6-10-17-8-2-1-3-9-17/h1-3,8-9,18H,4-7,10-16H2/t18-/m1/s1. The first kappa shape index (κ1) is 15.5. The van der Waals surface area contributed by atoms with Crippen LogP contribution in [0.25, 0.3) is 0 Å². The molecule has 0 N–H and O–H groups in total. The van der Waals surface area contributed by atoms with Crippen LogP contribution in [0.2, 0.25) is 0 Å². The molecule has 0 saturated carbocycles. The molecule has 3 heteroatoms. The second-order valence-corrected chi connectivity index (χ2v) is 6.76. The zero-order valence-electron chi connectivity index (χ0n) is 13.5. The van der Waals surface area contributed by atoms with Crippen molar-refractivity contribution < 1.29 is 4.79 Å². The Kier molecular flexibility index (Phi) is 5.49. The van der Waals surface area contributed by atoms with Gasteiger partial charge in [-0.15, -0.1) is 0 Å². The average Bonchev–Trinajstić information content (AvgIpc) is 3.10. The smallest absolute Gasteiger partial charge is 0.226 e. The Morgan fingerprint density at radius 3 is 2.59 bits per heavy atom. The van der Waals surface area contributed by atoms with Crippen molar-refractivity contribution in [3.8, 4) is 0 Å². The number of aryl methyl sites for hydroxylation is 1. The number of rotatable bonds is 5. The molecule has 0 bridgehead atoms. The van der Waals surface area contributed by atoms with Crippen LogP contribution in [0.1, 0.15) is 37.7 Å². The van der Waals surface area contributed by atoms with E-state index in [9.17, 15) is 4.79 Å². The van der Waals surface area contributed by atoms with Crippen molar-refractivity contribution in [2.75, 3.05) is 32.7 Å². The molecule has 2 fully saturated rings. The zero-order chi connectivity index (χ0) is 15.2. The summed E-state index contributed by atoms with van der Waals surface area (Å²) in [6.07, 6.45) is 6.98. The lowest BCUT2D eigenvalue weighted by molar-refractivity contribution is -0.136. The normalized spacial score (nSPS) is 22.9. The maximum absolute atomic E-state index is 12.5. The van der Waals surface area contributed by atoms with Crippen LogP contribution in [0, 0.1) is 5.92 Å². The molecule has 3 nitrogen and oxygen atoms in total. The Morgan fingerprint density at radius 2 is 1.82 bits per heavy atom. The van der Waals surface area contributed by atoms with Gasteiger partial charge in [0.1, 0.15) is 0 Å². The Balaban J connectivity index is 1.43. The van der Waals surface area contributed by atoms with Crippen molar-refractivity contribution in [2.45, 2.75) is 38.5 Å². The van der Waals surface area contributed by atoms with Crippen molar-refractivity contribution in [2.24, 2.45) is 5.92 Å². The van der Waals surface area contributed by atoms with E-state index in [1.165, 1.54) is 37.8 Å². The van der Waals surface area contributed by atoms with Gasteiger partial charge in [-0.25, -0.2) is 0 Å². The predicted molar refractivity (Wildman–Crippen MR) is 89.7 cm³/mol. The SMILES string of the molecule is O=C([C@@H]1CCCN(CCCc2ccccc2)C1)N1CCCC1. The highest BCUT2D eigenvalue weighted by atomic mass is 16.2. The number of piperidine rings is 1. The molecule has 0 aliphatic carbocycles. The molecule has 2 saturated heterocycles. The first-order valence-corrected chi connectivity index (χ1v) is 8.88. The van der Waals surface area contributed by atoms with Crippen LogP contribution in [-0.4, -0.2) is 48.4 Å². The quantitative estimate of drug-likeness (QED) is 0.834. The van der Waals surface area contributed by atoms with E-state index in [2.05, 4.69) is 40.1 Å². The lowest BCUT2D eigenvalue weighted by Crippen LogP contribution is -2.44. The summed E-state index contributed by atoms with van der Waals surface area (Å²) in [5.41, 5.74) is 1.42. The molecule has 2 aliphatic rings. The molecule has 1 amide bonds. The van der Waals surface area contributed by atoms with Crippen LogP contribution < -0.4 is 0 Å². The van der Waals surface area contributed by atoms with Crippen LogP contribution in [0.3, 0.4) is 0 Å². The highest BCUT2D eigenvalue weighted by Crippen LogP contribution is 2.21. The van der Waals surface area contributed by atoms with Gasteiger partial charge in [0.2, 0.25) is 5.91 Å². The molecule has 0 aromatic heterocycles. The van der Waals surface area contributed by atoms with Gasteiger partial charge in [0.05, 0.1) is 5.92 Å². The first-order valence-electron chi connectivity index (χ1n) is 8.88. The Morgan fingerprint density at radius 1 is 1.05 bits per heavy atom. The number of carbonyl (C=O) groups excluding carboxylic acids is 1. The van der Waals surface area contributed by atoms with Gasteiger partial charge in [-0.1, -0.05) is 30.3 Å². The van der Waals surface area contributed by atoms with Crippen LogP contribution in [0.15, 0.2) is 30.3 Å². The minimum Gasteiger partial charge on any atom is -0.342 e. The van der Waals surface area contributed by atoms with Crippen molar-refractivity contribution in [1.29, 1.82) is 0 Å². The van der Waals surface area contributed by atoms with Crippen LogP contribution in [0.4, 0.5) is 0 Å². The Hall–Kier alpha value is -1.35. The van der Waals surface area contributed by atoms with Crippen LogP contribution in [0.5, 0.6) is 0 Å². The topological polar surface area (TPSA) is 23.6 Å².